The summed E-state index contributed by atoms with van der Waals surface area (Å²) in [5.74, 6) is -0.245. The van der Waals surface area contributed by atoms with Gasteiger partial charge in [-0.2, -0.15) is 18.4 Å². The fourth-order valence-electron chi connectivity index (χ4n) is 13.7. The van der Waals surface area contributed by atoms with Crippen LogP contribution >= 0.6 is 15.9 Å². The van der Waals surface area contributed by atoms with Crippen LogP contribution in [-0.2, 0) is 81.9 Å². The first-order chi connectivity index (χ1) is 67.3. The summed E-state index contributed by atoms with van der Waals surface area (Å²) in [4.78, 5) is 67.2. The maximum Gasteiger partial charge on any atom is 0.417 e. The van der Waals surface area contributed by atoms with Crippen molar-refractivity contribution in [2.45, 2.75) is 173 Å². The SMILES string of the molecule is CC(C)(N)C(=O)N[C@H](COCc1ccccc1)c1nnc2c(O)cc(Br)cn12.CC(C)(N)C(=O)N[C@H](COCc1ccccc1)c1nnc2ccc(C#N)cn12.CC(C)(N)C(=O)N[C@H](COCc1ccccc1)c1nnc2ccc(C(F)(F)F)cn12.CC(C)(N)C(=O)N[C@H](COCc1ccccc1)c1nnc2ccc(F)cn12.Cc1ccc2nnc([C@@H](Cc3ccc4ccccc4n3)NC(=O)C(C)(C)N)n2c1. The molecule has 16 N–H and O–H groups in total. The monoisotopic (exact) mass is 2010 g/mol. The lowest BCUT2D eigenvalue weighted by Crippen LogP contribution is -2.51. The van der Waals surface area contributed by atoms with E-state index in [9.17, 15) is 46.6 Å². The van der Waals surface area contributed by atoms with Crippen LogP contribution in [0.5, 0.6) is 5.75 Å². The zero-order valence-corrected chi connectivity index (χ0v) is 81.4. The number of ether oxygens (including phenoxy) is 4. The molecule has 5 atom stereocenters. The second kappa shape index (κ2) is 46.9. The Morgan fingerprint density at radius 2 is 0.739 bits per heavy atom. The van der Waals surface area contributed by atoms with Crippen molar-refractivity contribution in [1.29, 1.82) is 5.26 Å². The van der Waals surface area contributed by atoms with Crippen LogP contribution in [0.3, 0.4) is 0 Å². The Labute approximate surface area is 822 Å². The molecule has 0 radical (unpaired) electrons. The Morgan fingerprint density at radius 1 is 0.401 bits per heavy atom. The lowest BCUT2D eigenvalue weighted by Gasteiger charge is -2.23. The fraction of sp³-hybridized carbons (Fsp3) is 0.310. The van der Waals surface area contributed by atoms with Gasteiger partial charge in [0.25, 0.3) is 0 Å². The molecule has 11 heterocycles. The number of amides is 5. The van der Waals surface area contributed by atoms with E-state index in [1.54, 1.807) is 88.7 Å². The number of alkyl halides is 3. The number of rotatable bonds is 33. The standard InChI is InChI=1S/C22H24N6O.C20H22F3N5O2.C20H22N6O2.C19H22BrN5O3.C19H22FN5O2/c1-14-8-11-19-26-27-20(28(19)13-14)18(25-21(29)22(2,3)23)12-16-10-9-15-6-4-5-7-17(15)24-16;1-19(2,24)18(29)25-15(12-30-11-13-6-4-3-5-7-13)17-27-26-16-9-8-14(10-28(16)17)20(21,22)23;1-20(2,22)19(27)23-16(13-28-12-14-6-4-3-5-7-14)18-25-24-17-9-8-15(10-21)11-26(17)18;1-19(2,21)18(27)22-14(11-28-10-12-6-4-3-5-7-12)16-23-24-17-15(26)8-13(20)9-25(16)17;1-19(2,21)18(26)22-15(12-27-11-13-6-4-3-5-7-13)17-24-23-16-9-8-14(20)10-25(16)17/h4-11,13,18H,12,23H2,1-3H3,(H,25,29);3-10,15H,11-12,24H2,1-2H3,(H,25,29);3-9,11,16H,12-13,22H2,1-2H3,(H,23,27);3-9,14,26H,10-11,21H2,1-2H3,(H,22,27);3-10,15H,11-12,21H2,1-2H3,(H,22,26)/t18-;15-;16-;14-;15-/m11111/s1. The molecule has 0 bridgehead atoms. The molecule has 0 fully saturated rings. The number of aryl methyl sites for hydroxylation is 1. The van der Waals surface area contributed by atoms with Crippen LogP contribution in [0.2, 0.25) is 0 Å². The molecule has 0 spiro atoms. The fourth-order valence-corrected chi connectivity index (χ4v) is 14.1. The van der Waals surface area contributed by atoms with Crippen molar-refractivity contribution < 1.29 is 65.6 Å². The van der Waals surface area contributed by atoms with E-state index in [0.29, 0.717) is 70.9 Å². The molecule has 16 rings (SSSR count). The van der Waals surface area contributed by atoms with E-state index in [1.807, 2.05) is 187 Å². The third kappa shape index (κ3) is 29.4. The molecule has 142 heavy (non-hydrogen) atoms. The van der Waals surface area contributed by atoms with Gasteiger partial charge in [0.05, 0.1) is 103 Å². The van der Waals surface area contributed by atoms with Gasteiger partial charge in [-0.05, 0) is 181 Å². The van der Waals surface area contributed by atoms with Gasteiger partial charge in [-0.1, -0.05) is 152 Å². The van der Waals surface area contributed by atoms with Crippen molar-refractivity contribution in [3.05, 3.63) is 327 Å². The number of benzene rings is 5. The Balaban J connectivity index is 0.000000159. The van der Waals surface area contributed by atoms with Crippen LogP contribution in [-0.4, -0.2) is 167 Å². The molecule has 0 aliphatic heterocycles. The number of hydrogen-bond acceptors (Lipinski definition) is 27. The second-order valence-corrected chi connectivity index (χ2v) is 37.3. The van der Waals surface area contributed by atoms with Gasteiger partial charge < -0.3 is 79.3 Å². The van der Waals surface area contributed by atoms with Gasteiger partial charge in [-0.3, -0.25) is 51.0 Å². The number of carbonyl (C=O) groups is 5. The molecule has 11 aromatic heterocycles. The number of fused-ring (bicyclic) bond motifs is 6. The maximum atomic E-state index is 13.7. The van der Waals surface area contributed by atoms with Gasteiger partial charge in [0.15, 0.2) is 57.5 Å². The van der Waals surface area contributed by atoms with Crippen LogP contribution in [0.1, 0.15) is 173 Å². The minimum atomic E-state index is -4.53. The van der Waals surface area contributed by atoms with E-state index in [0.717, 1.165) is 62.3 Å². The Hall–Kier alpha value is -14.9. The molecular weight excluding hydrogens is 1900 g/mol. The van der Waals surface area contributed by atoms with Crippen molar-refractivity contribution in [2.75, 3.05) is 26.4 Å². The first-order valence-electron chi connectivity index (χ1n) is 44.9. The van der Waals surface area contributed by atoms with Gasteiger partial charge in [0, 0.05) is 53.0 Å². The van der Waals surface area contributed by atoms with Crippen LogP contribution < -0.4 is 55.3 Å². The first kappa shape index (κ1) is 106. The van der Waals surface area contributed by atoms with Crippen molar-refractivity contribution in [3.8, 4) is 11.8 Å². The van der Waals surface area contributed by atoms with Gasteiger partial charge in [0.1, 0.15) is 36.1 Å². The molecule has 742 valence electrons. The van der Waals surface area contributed by atoms with E-state index >= 15 is 0 Å². The number of aromatic nitrogens is 16. The highest BCUT2D eigenvalue weighted by Crippen LogP contribution is 2.32. The topological polar surface area (TPSA) is 520 Å². The molecule has 37 nitrogen and oxygen atoms in total. The van der Waals surface area contributed by atoms with Gasteiger partial charge in [-0.15, -0.1) is 51.0 Å². The normalized spacial score (nSPS) is 12.9. The van der Waals surface area contributed by atoms with Crippen molar-refractivity contribution >= 4 is 84.6 Å². The largest absolute Gasteiger partial charge is 0.504 e. The summed E-state index contributed by atoms with van der Waals surface area (Å²) in [6.07, 6.45) is 3.43. The highest BCUT2D eigenvalue weighted by Gasteiger charge is 2.36. The zero-order valence-electron chi connectivity index (χ0n) is 79.8. The molecule has 5 aromatic carbocycles. The molecule has 0 saturated carbocycles. The number of aromatic hydroxyl groups is 1. The Kier molecular flexibility index (Phi) is 35.0. The Bertz CT molecular complexity index is 7040. The van der Waals surface area contributed by atoms with Crippen LogP contribution in [0.4, 0.5) is 17.6 Å². The predicted octanol–water partition coefficient (Wildman–Crippen LogP) is 11.6. The second-order valence-electron chi connectivity index (χ2n) is 36.4. The van der Waals surface area contributed by atoms with E-state index in [2.05, 4.69) is 99.6 Å². The summed E-state index contributed by atoms with van der Waals surface area (Å²) in [5.41, 5.74) is 32.8. The molecule has 0 saturated heterocycles. The third-order valence-corrected chi connectivity index (χ3v) is 21.9. The van der Waals surface area contributed by atoms with Gasteiger partial charge in [0.2, 0.25) is 35.2 Å². The van der Waals surface area contributed by atoms with Crippen LogP contribution in [0, 0.1) is 24.1 Å². The van der Waals surface area contributed by atoms with Crippen LogP contribution in [0.25, 0.3) is 39.1 Å². The summed E-state index contributed by atoms with van der Waals surface area (Å²) in [5, 5.41) is 75.8. The van der Waals surface area contributed by atoms with Gasteiger partial charge in [-0.25, -0.2) is 4.39 Å². The first-order valence-corrected chi connectivity index (χ1v) is 45.7. The summed E-state index contributed by atoms with van der Waals surface area (Å²) >= 11 is 3.34. The molecular formula is C100H112BrF4N27O10. The summed E-state index contributed by atoms with van der Waals surface area (Å²) < 4.78 is 84.8. The Morgan fingerprint density at radius 3 is 1.14 bits per heavy atom. The number of nitrogens with one attached hydrogen (secondary N) is 5. The number of hydrogen-bond donors (Lipinski definition) is 11. The number of nitriles is 1. The molecule has 42 heteroatoms. The number of para-hydroxylation sites is 1. The molecule has 0 unspecified atom stereocenters. The van der Waals surface area contributed by atoms with E-state index in [4.69, 9.17) is 57.9 Å². The summed E-state index contributed by atoms with van der Waals surface area (Å²) in [7, 11) is 0. The highest BCUT2D eigenvalue weighted by molar-refractivity contribution is 9.10. The summed E-state index contributed by atoms with van der Waals surface area (Å²) in [6, 6.07) is 63.1. The molecule has 0 aliphatic rings. The number of nitrogens with zero attached hydrogens (tertiary/aromatic N) is 17. The minimum Gasteiger partial charge on any atom is -0.504 e. The predicted molar refractivity (Wildman–Crippen MR) is 524 cm³/mol. The van der Waals surface area contributed by atoms with Crippen molar-refractivity contribution in [1.82, 2.24) is 105 Å². The molecule has 5 amide bonds. The third-order valence-electron chi connectivity index (χ3n) is 21.4. The number of halogens is 5. The number of carbonyl (C=O) groups excluding carboxylic acids is 5. The van der Waals surface area contributed by atoms with Crippen LogP contribution in [0.15, 0.2) is 248 Å². The van der Waals surface area contributed by atoms with Crippen molar-refractivity contribution in [2.24, 2.45) is 28.7 Å². The average molecular weight is 2010 g/mol. The number of pyridine rings is 6. The average Bonchev–Trinajstić information content (AvgIpc) is 1.65. The minimum absolute atomic E-state index is 0.0254. The maximum absolute atomic E-state index is 13.7. The van der Waals surface area contributed by atoms with E-state index in [1.165, 1.54) is 53.1 Å². The molecule has 0 aliphatic carbocycles. The number of nitrogens with two attached hydrogens (primary N) is 5. The van der Waals surface area contributed by atoms with Gasteiger partial charge >= 0.3 is 6.18 Å². The lowest BCUT2D eigenvalue weighted by atomic mass is 10.0. The van der Waals surface area contributed by atoms with Crippen molar-refractivity contribution in [3.63, 3.8) is 0 Å². The summed E-state index contributed by atoms with van der Waals surface area (Å²) in [6.45, 7) is 19.9. The zero-order chi connectivity index (χ0) is 102. The quantitative estimate of drug-likeness (QED) is 0.0170. The highest BCUT2D eigenvalue weighted by atomic mass is 79.9. The lowest BCUT2D eigenvalue weighted by molar-refractivity contribution is -0.138. The molecule has 16 aromatic rings. The van der Waals surface area contributed by atoms with E-state index < -0.39 is 81.4 Å². The smallest absolute Gasteiger partial charge is 0.417 e. The van der Waals surface area contributed by atoms with E-state index in [-0.39, 0.29) is 79.5 Å².